The molecule has 1 rings (SSSR count). The normalized spacial score (nSPS) is 27.8. The van der Waals surface area contributed by atoms with E-state index in [1.165, 1.54) is 0 Å². The summed E-state index contributed by atoms with van der Waals surface area (Å²) in [5.41, 5.74) is 0. The van der Waals surface area contributed by atoms with Crippen LogP contribution in [0.5, 0.6) is 0 Å². The Hall–Kier alpha value is -0.780. The Balaban J connectivity index is 2.65. The lowest BCUT2D eigenvalue weighted by atomic mass is 9.76. The molecule has 6 heteroatoms. The van der Waals surface area contributed by atoms with E-state index in [-0.39, 0.29) is 12.6 Å². The van der Waals surface area contributed by atoms with Gasteiger partial charge in [-0.3, -0.25) is 4.79 Å². The van der Waals surface area contributed by atoms with Gasteiger partial charge in [0.1, 0.15) is 0 Å². The molecule has 0 saturated heterocycles. The number of hydrogen-bond acceptors (Lipinski definition) is 2. The van der Waals surface area contributed by atoms with Gasteiger partial charge in [-0.15, -0.1) is 0 Å². The number of nitrogens with zero attached hydrogens (tertiary/aromatic N) is 1. The number of carboxylic acids is 1. The van der Waals surface area contributed by atoms with Crippen molar-refractivity contribution in [3.8, 4) is 0 Å². The van der Waals surface area contributed by atoms with Crippen LogP contribution in [-0.4, -0.2) is 41.8 Å². The van der Waals surface area contributed by atoms with Crippen molar-refractivity contribution in [1.82, 2.24) is 4.90 Å². The van der Waals surface area contributed by atoms with E-state index in [4.69, 9.17) is 0 Å². The monoisotopic (exact) mass is 295 g/mol. The van der Waals surface area contributed by atoms with E-state index in [0.29, 0.717) is 18.8 Å². The molecule has 20 heavy (non-hydrogen) atoms. The third-order valence-electron chi connectivity index (χ3n) is 4.25. The molecule has 3 unspecified atom stereocenters. The molecule has 0 aromatic heterocycles. The zero-order valence-electron chi connectivity index (χ0n) is 12.1. The standard InChI is InChI=1S/C14H24F3NO2/c1-3-4-10-5-6-11(13(19)20)12(9-10)18(2)8-7-14(15,16)17/h10-12H,3-9H2,1-2H3,(H,19,20). The molecule has 1 N–H and O–H groups in total. The van der Waals surface area contributed by atoms with Crippen molar-refractivity contribution in [3.63, 3.8) is 0 Å². The maximum absolute atomic E-state index is 12.3. The molecule has 1 aliphatic rings. The minimum atomic E-state index is -4.19. The van der Waals surface area contributed by atoms with E-state index in [2.05, 4.69) is 6.92 Å². The summed E-state index contributed by atoms with van der Waals surface area (Å²) >= 11 is 0. The van der Waals surface area contributed by atoms with Gasteiger partial charge in [-0.1, -0.05) is 19.8 Å². The Labute approximate surface area is 118 Å². The molecule has 3 nitrogen and oxygen atoms in total. The van der Waals surface area contributed by atoms with E-state index in [1.807, 2.05) is 0 Å². The molecule has 118 valence electrons. The van der Waals surface area contributed by atoms with Crippen LogP contribution in [0.25, 0.3) is 0 Å². The second-order valence-electron chi connectivity index (χ2n) is 5.83. The van der Waals surface area contributed by atoms with E-state index in [1.54, 1.807) is 11.9 Å². The number of carboxylic acid groups (broad SMARTS) is 1. The van der Waals surface area contributed by atoms with Gasteiger partial charge in [0, 0.05) is 12.6 Å². The Morgan fingerprint density at radius 2 is 2.00 bits per heavy atom. The van der Waals surface area contributed by atoms with Crippen molar-refractivity contribution in [2.45, 2.75) is 57.7 Å². The predicted molar refractivity (Wildman–Crippen MR) is 70.5 cm³/mol. The number of hydrogen-bond donors (Lipinski definition) is 1. The lowest BCUT2D eigenvalue weighted by Gasteiger charge is -2.39. The highest BCUT2D eigenvalue weighted by molar-refractivity contribution is 5.71. The fourth-order valence-corrected chi connectivity index (χ4v) is 3.15. The highest BCUT2D eigenvalue weighted by Gasteiger charge is 2.38. The number of alkyl halides is 3. The zero-order valence-corrected chi connectivity index (χ0v) is 12.1. The fraction of sp³-hybridized carbons (Fsp3) is 0.929. The molecule has 1 saturated carbocycles. The number of halogens is 3. The van der Waals surface area contributed by atoms with Crippen LogP contribution in [0.4, 0.5) is 13.2 Å². The number of aliphatic carboxylic acids is 1. The average Bonchev–Trinajstić information content (AvgIpc) is 2.35. The number of carbonyl (C=O) groups is 1. The van der Waals surface area contributed by atoms with E-state index >= 15 is 0 Å². The van der Waals surface area contributed by atoms with Crippen molar-refractivity contribution >= 4 is 5.97 Å². The zero-order chi connectivity index (χ0) is 15.3. The first kappa shape index (κ1) is 17.3. The second-order valence-corrected chi connectivity index (χ2v) is 5.83. The summed E-state index contributed by atoms with van der Waals surface area (Å²) in [5.74, 6) is -0.987. The smallest absolute Gasteiger partial charge is 0.390 e. The molecule has 0 radical (unpaired) electrons. The van der Waals surface area contributed by atoms with Crippen LogP contribution >= 0.6 is 0 Å². The maximum atomic E-state index is 12.3. The van der Waals surface area contributed by atoms with Gasteiger partial charge >= 0.3 is 12.1 Å². The van der Waals surface area contributed by atoms with Gasteiger partial charge in [0.25, 0.3) is 0 Å². The van der Waals surface area contributed by atoms with E-state index < -0.39 is 24.5 Å². The molecule has 0 aromatic carbocycles. The van der Waals surface area contributed by atoms with Crippen molar-refractivity contribution in [2.24, 2.45) is 11.8 Å². The Kier molecular flexibility index (Phi) is 6.30. The Bertz CT molecular complexity index is 320. The van der Waals surface area contributed by atoms with Crippen molar-refractivity contribution in [2.75, 3.05) is 13.6 Å². The van der Waals surface area contributed by atoms with Crippen molar-refractivity contribution in [3.05, 3.63) is 0 Å². The van der Waals surface area contributed by atoms with Crippen molar-refractivity contribution in [1.29, 1.82) is 0 Å². The fourth-order valence-electron chi connectivity index (χ4n) is 3.15. The molecule has 0 heterocycles. The minimum absolute atomic E-state index is 0.128. The molecular formula is C14H24F3NO2. The van der Waals surface area contributed by atoms with Gasteiger partial charge in [-0.2, -0.15) is 13.2 Å². The predicted octanol–water partition coefficient (Wildman–Crippen LogP) is 3.54. The first-order chi connectivity index (χ1) is 9.24. The van der Waals surface area contributed by atoms with Gasteiger partial charge in [0.15, 0.2) is 0 Å². The Morgan fingerprint density at radius 1 is 1.35 bits per heavy atom. The average molecular weight is 295 g/mol. The van der Waals surface area contributed by atoms with E-state index in [0.717, 1.165) is 19.3 Å². The van der Waals surface area contributed by atoms with Gasteiger partial charge < -0.3 is 10.0 Å². The molecule has 0 spiro atoms. The van der Waals surface area contributed by atoms with Gasteiger partial charge in [0.05, 0.1) is 12.3 Å². The lowest BCUT2D eigenvalue weighted by molar-refractivity contribution is -0.148. The summed E-state index contributed by atoms with van der Waals surface area (Å²) in [6.45, 7) is 1.95. The third kappa shape index (κ3) is 5.31. The SMILES string of the molecule is CCCC1CCC(C(=O)O)C(N(C)CCC(F)(F)F)C1. The number of rotatable bonds is 6. The summed E-state index contributed by atoms with van der Waals surface area (Å²) in [4.78, 5) is 12.9. The molecule has 0 aromatic rings. The molecule has 0 bridgehead atoms. The molecule has 1 fully saturated rings. The van der Waals surface area contributed by atoms with Crippen LogP contribution in [0.2, 0.25) is 0 Å². The van der Waals surface area contributed by atoms with Crippen LogP contribution < -0.4 is 0 Å². The highest BCUT2D eigenvalue weighted by atomic mass is 19.4. The summed E-state index contributed by atoms with van der Waals surface area (Å²) in [7, 11) is 1.61. The molecule has 1 aliphatic carbocycles. The van der Waals surface area contributed by atoms with Gasteiger partial charge in [-0.25, -0.2) is 0 Å². The van der Waals surface area contributed by atoms with Crippen LogP contribution in [0.1, 0.15) is 45.4 Å². The van der Waals surface area contributed by atoms with Crippen LogP contribution in [0.3, 0.4) is 0 Å². The largest absolute Gasteiger partial charge is 0.481 e. The summed E-state index contributed by atoms with van der Waals surface area (Å²) in [5, 5.41) is 9.25. The Morgan fingerprint density at radius 3 is 2.50 bits per heavy atom. The summed E-state index contributed by atoms with van der Waals surface area (Å²) in [6, 6.07) is -0.278. The summed E-state index contributed by atoms with van der Waals surface area (Å²) < 4.78 is 36.9. The first-order valence-corrected chi connectivity index (χ1v) is 7.24. The van der Waals surface area contributed by atoms with Crippen LogP contribution in [-0.2, 0) is 4.79 Å². The minimum Gasteiger partial charge on any atom is -0.481 e. The molecule has 0 amide bonds. The first-order valence-electron chi connectivity index (χ1n) is 7.24. The maximum Gasteiger partial charge on any atom is 0.390 e. The van der Waals surface area contributed by atoms with Crippen LogP contribution in [0, 0.1) is 11.8 Å². The van der Waals surface area contributed by atoms with Gasteiger partial charge in [0.2, 0.25) is 0 Å². The van der Waals surface area contributed by atoms with Gasteiger partial charge in [-0.05, 0) is 32.2 Å². The molecule has 0 aliphatic heterocycles. The van der Waals surface area contributed by atoms with Crippen LogP contribution in [0.15, 0.2) is 0 Å². The molecular weight excluding hydrogens is 271 g/mol. The topological polar surface area (TPSA) is 40.5 Å². The highest BCUT2D eigenvalue weighted by Crippen LogP contribution is 2.35. The molecule has 3 atom stereocenters. The quantitative estimate of drug-likeness (QED) is 0.815. The summed E-state index contributed by atoms with van der Waals surface area (Å²) in [6.07, 6.45) is -0.888. The van der Waals surface area contributed by atoms with E-state index in [9.17, 15) is 23.1 Å². The third-order valence-corrected chi connectivity index (χ3v) is 4.25. The second kappa shape index (κ2) is 7.29. The lowest BCUT2D eigenvalue weighted by Crippen LogP contribution is -2.46. The van der Waals surface area contributed by atoms with Crippen molar-refractivity contribution < 1.29 is 23.1 Å².